The molecule has 1 aromatic carbocycles. The monoisotopic (exact) mass is 240 g/mol. The second kappa shape index (κ2) is 6.77. The van der Waals surface area contributed by atoms with E-state index in [-0.39, 0.29) is 6.04 Å². The topological polar surface area (TPSA) is 29.3 Å². The van der Waals surface area contributed by atoms with Gasteiger partial charge in [-0.2, -0.15) is 0 Å². The van der Waals surface area contributed by atoms with Crippen LogP contribution in [0.2, 0.25) is 0 Å². The van der Waals surface area contributed by atoms with E-state index in [1.165, 1.54) is 11.3 Å². The molecule has 1 rings (SSSR count). The first-order chi connectivity index (χ1) is 7.67. The highest BCUT2D eigenvalue weighted by molar-refractivity contribution is 6.18. The predicted octanol–water partition coefficient (Wildman–Crippen LogP) is 2.64. The summed E-state index contributed by atoms with van der Waals surface area (Å²) in [4.78, 5) is 2.27. The van der Waals surface area contributed by atoms with E-state index in [9.17, 15) is 0 Å². The van der Waals surface area contributed by atoms with Crippen molar-refractivity contribution in [3.8, 4) is 0 Å². The van der Waals surface area contributed by atoms with Crippen LogP contribution in [0.25, 0.3) is 0 Å². The Morgan fingerprint density at radius 1 is 1.31 bits per heavy atom. The van der Waals surface area contributed by atoms with E-state index in [1.54, 1.807) is 0 Å². The van der Waals surface area contributed by atoms with E-state index in [2.05, 4.69) is 36.1 Å². The third-order valence-electron chi connectivity index (χ3n) is 2.60. The Kier molecular flexibility index (Phi) is 5.64. The molecule has 3 heteroatoms. The molecule has 16 heavy (non-hydrogen) atoms. The van der Waals surface area contributed by atoms with Crippen molar-refractivity contribution in [2.24, 2.45) is 5.73 Å². The smallest absolute Gasteiger partial charge is 0.0399 e. The van der Waals surface area contributed by atoms with Crippen molar-refractivity contribution in [1.82, 2.24) is 0 Å². The van der Waals surface area contributed by atoms with E-state index in [4.69, 9.17) is 17.3 Å². The van der Waals surface area contributed by atoms with Crippen molar-refractivity contribution < 1.29 is 0 Å². The molecule has 2 nitrogen and oxygen atoms in total. The van der Waals surface area contributed by atoms with Gasteiger partial charge in [0.05, 0.1) is 0 Å². The molecule has 0 radical (unpaired) electrons. The van der Waals surface area contributed by atoms with Gasteiger partial charge in [0.25, 0.3) is 0 Å². The number of benzene rings is 1. The summed E-state index contributed by atoms with van der Waals surface area (Å²) in [5.74, 6) is 0.662. The van der Waals surface area contributed by atoms with Crippen molar-refractivity contribution in [3.05, 3.63) is 29.8 Å². The summed E-state index contributed by atoms with van der Waals surface area (Å²) in [5.41, 5.74) is 8.29. The Bertz CT molecular complexity index is 295. The van der Waals surface area contributed by atoms with Crippen LogP contribution in [0.1, 0.15) is 19.4 Å². The molecular weight excluding hydrogens is 220 g/mol. The summed E-state index contributed by atoms with van der Waals surface area (Å²) in [7, 11) is 0. The van der Waals surface area contributed by atoms with Crippen molar-refractivity contribution in [2.75, 3.05) is 23.9 Å². The summed E-state index contributed by atoms with van der Waals surface area (Å²) in [5, 5.41) is 0. The first kappa shape index (κ1) is 13.3. The summed E-state index contributed by atoms with van der Waals surface area (Å²) in [6.45, 7) is 6.05. The van der Waals surface area contributed by atoms with Gasteiger partial charge in [-0.25, -0.2) is 0 Å². The van der Waals surface area contributed by atoms with Crippen LogP contribution in [0.15, 0.2) is 24.3 Å². The molecule has 0 bridgehead atoms. The number of rotatable bonds is 6. The lowest BCUT2D eigenvalue weighted by Crippen LogP contribution is -2.24. The maximum absolute atomic E-state index is 5.77. The molecule has 0 aliphatic carbocycles. The molecule has 90 valence electrons. The van der Waals surface area contributed by atoms with Gasteiger partial charge >= 0.3 is 0 Å². The van der Waals surface area contributed by atoms with Crippen LogP contribution in [0.4, 0.5) is 5.69 Å². The minimum Gasteiger partial charge on any atom is -0.371 e. The number of alkyl halides is 1. The fourth-order valence-electron chi connectivity index (χ4n) is 1.79. The minimum atomic E-state index is 0.218. The summed E-state index contributed by atoms with van der Waals surface area (Å²) < 4.78 is 0. The fraction of sp³-hybridized carbons (Fsp3) is 0.538. The SMILES string of the molecule is CCN(CCCl)c1ccc(CC(C)N)cc1. The highest BCUT2D eigenvalue weighted by atomic mass is 35.5. The van der Waals surface area contributed by atoms with Crippen LogP contribution in [-0.4, -0.2) is 25.0 Å². The number of nitrogens with two attached hydrogens (primary N) is 1. The molecule has 0 aliphatic heterocycles. The average Bonchev–Trinajstić information content (AvgIpc) is 2.26. The number of anilines is 1. The number of hydrogen-bond donors (Lipinski definition) is 1. The lowest BCUT2D eigenvalue weighted by atomic mass is 10.1. The number of nitrogens with zero attached hydrogens (tertiary/aromatic N) is 1. The zero-order valence-corrected chi connectivity index (χ0v) is 10.9. The highest BCUT2D eigenvalue weighted by Gasteiger charge is 2.03. The first-order valence-corrected chi connectivity index (χ1v) is 6.36. The first-order valence-electron chi connectivity index (χ1n) is 5.82. The lowest BCUT2D eigenvalue weighted by Gasteiger charge is -2.22. The molecule has 1 unspecified atom stereocenters. The zero-order chi connectivity index (χ0) is 12.0. The number of hydrogen-bond acceptors (Lipinski definition) is 2. The fourth-order valence-corrected chi connectivity index (χ4v) is 1.99. The van der Waals surface area contributed by atoms with Gasteiger partial charge in [-0.1, -0.05) is 12.1 Å². The van der Waals surface area contributed by atoms with Crippen LogP contribution >= 0.6 is 11.6 Å². The van der Waals surface area contributed by atoms with Crippen molar-refractivity contribution in [1.29, 1.82) is 0 Å². The standard InChI is InChI=1S/C13H21ClN2/c1-3-16(9-8-14)13-6-4-12(5-7-13)10-11(2)15/h4-7,11H,3,8-10,15H2,1-2H3. The third-order valence-corrected chi connectivity index (χ3v) is 2.76. The summed E-state index contributed by atoms with van der Waals surface area (Å²) >= 11 is 5.77. The molecule has 1 aromatic rings. The maximum atomic E-state index is 5.77. The number of halogens is 1. The van der Waals surface area contributed by atoms with Crippen molar-refractivity contribution >= 4 is 17.3 Å². The summed E-state index contributed by atoms with van der Waals surface area (Å²) in [6, 6.07) is 8.81. The quantitative estimate of drug-likeness (QED) is 0.775. The molecule has 0 fully saturated rings. The zero-order valence-electron chi connectivity index (χ0n) is 10.1. The molecule has 0 spiro atoms. The van der Waals surface area contributed by atoms with E-state index >= 15 is 0 Å². The van der Waals surface area contributed by atoms with Gasteiger partial charge in [0.1, 0.15) is 0 Å². The van der Waals surface area contributed by atoms with Crippen molar-refractivity contribution in [3.63, 3.8) is 0 Å². The Morgan fingerprint density at radius 2 is 1.94 bits per heavy atom. The molecular formula is C13H21ClN2. The maximum Gasteiger partial charge on any atom is 0.0399 e. The molecule has 1 atom stereocenters. The van der Waals surface area contributed by atoms with E-state index in [1.807, 2.05) is 6.92 Å². The van der Waals surface area contributed by atoms with Gasteiger partial charge in [0.15, 0.2) is 0 Å². The normalized spacial score (nSPS) is 12.5. The van der Waals surface area contributed by atoms with E-state index in [0.717, 1.165) is 19.5 Å². The Hall–Kier alpha value is -0.730. The molecule has 0 saturated heterocycles. The molecule has 0 amide bonds. The van der Waals surface area contributed by atoms with Gasteiger partial charge in [0, 0.05) is 30.7 Å². The molecule has 2 N–H and O–H groups in total. The van der Waals surface area contributed by atoms with Gasteiger partial charge in [0.2, 0.25) is 0 Å². The van der Waals surface area contributed by atoms with Crippen LogP contribution in [0, 0.1) is 0 Å². The Balaban J connectivity index is 2.69. The second-order valence-corrected chi connectivity index (χ2v) is 4.49. The Morgan fingerprint density at radius 3 is 2.38 bits per heavy atom. The van der Waals surface area contributed by atoms with Crippen LogP contribution < -0.4 is 10.6 Å². The van der Waals surface area contributed by atoms with Crippen LogP contribution in [0.5, 0.6) is 0 Å². The molecule has 0 aliphatic rings. The van der Waals surface area contributed by atoms with Crippen LogP contribution in [0.3, 0.4) is 0 Å². The van der Waals surface area contributed by atoms with Crippen LogP contribution in [-0.2, 0) is 6.42 Å². The van der Waals surface area contributed by atoms with Gasteiger partial charge in [-0.3, -0.25) is 0 Å². The van der Waals surface area contributed by atoms with Gasteiger partial charge < -0.3 is 10.6 Å². The average molecular weight is 241 g/mol. The second-order valence-electron chi connectivity index (χ2n) is 4.12. The molecule has 0 aromatic heterocycles. The van der Waals surface area contributed by atoms with Gasteiger partial charge in [-0.15, -0.1) is 11.6 Å². The summed E-state index contributed by atoms with van der Waals surface area (Å²) in [6.07, 6.45) is 0.932. The predicted molar refractivity (Wildman–Crippen MR) is 72.4 cm³/mol. The Labute approximate surface area is 103 Å². The molecule has 0 heterocycles. The van der Waals surface area contributed by atoms with Crippen molar-refractivity contribution in [2.45, 2.75) is 26.3 Å². The van der Waals surface area contributed by atoms with Gasteiger partial charge in [-0.05, 0) is 38.0 Å². The van der Waals surface area contributed by atoms with E-state index in [0.29, 0.717) is 5.88 Å². The molecule has 0 saturated carbocycles. The van der Waals surface area contributed by atoms with E-state index < -0.39 is 0 Å². The minimum absolute atomic E-state index is 0.218. The lowest BCUT2D eigenvalue weighted by molar-refractivity contribution is 0.738. The third kappa shape index (κ3) is 4.03. The largest absolute Gasteiger partial charge is 0.371 e. The highest BCUT2D eigenvalue weighted by Crippen LogP contribution is 2.15.